The minimum atomic E-state index is -0.224. The molecular weight excluding hydrogens is 232 g/mol. The summed E-state index contributed by atoms with van der Waals surface area (Å²) < 4.78 is 4.78. The van der Waals surface area contributed by atoms with E-state index in [4.69, 9.17) is 16.3 Å². The number of amides is 2. The number of hydrogen-bond donors (Lipinski definition) is 2. The summed E-state index contributed by atoms with van der Waals surface area (Å²) in [6.07, 6.45) is 0.268. The molecule has 0 aliphatic heterocycles. The van der Waals surface area contributed by atoms with Crippen LogP contribution in [0, 0.1) is 5.92 Å². The number of alkyl halides is 1. The summed E-state index contributed by atoms with van der Waals surface area (Å²) in [5.74, 6) is -0.167. The van der Waals surface area contributed by atoms with Gasteiger partial charge in [0.2, 0.25) is 11.8 Å². The van der Waals surface area contributed by atoms with Gasteiger partial charge in [-0.25, -0.2) is 0 Å². The zero-order valence-corrected chi connectivity index (χ0v) is 10.5. The Kier molecular flexibility index (Phi) is 8.94. The van der Waals surface area contributed by atoms with Gasteiger partial charge in [0, 0.05) is 38.4 Å². The topological polar surface area (TPSA) is 67.4 Å². The lowest BCUT2D eigenvalue weighted by molar-refractivity contribution is -0.124. The predicted octanol–water partition coefficient (Wildman–Crippen LogP) is 0.130. The summed E-state index contributed by atoms with van der Waals surface area (Å²) in [7, 11) is 1.57. The van der Waals surface area contributed by atoms with Gasteiger partial charge in [0.25, 0.3) is 0 Å². The normalized spacial score (nSPS) is 11.9. The highest BCUT2D eigenvalue weighted by Crippen LogP contribution is 1.96. The van der Waals surface area contributed by atoms with Crippen molar-refractivity contribution in [1.82, 2.24) is 10.6 Å². The lowest BCUT2D eigenvalue weighted by Crippen LogP contribution is -2.34. The van der Waals surface area contributed by atoms with Crippen molar-refractivity contribution in [3.63, 3.8) is 0 Å². The molecule has 0 aliphatic carbocycles. The van der Waals surface area contributed by atoms with Gasteiger partial charge in [-0.2, -0.15) is 0 Å². The second-order valence-corrected chi connectivity index (χ2v) is 3.75. The number of hydrogen-bond acceptors (Lipinski definition) is 3. The van der Waals surface area contributed by atoms with Crippen LogP contribution < -0.4 is 10.6 Å². The maximum atomic E-state index is 11.3. The molecule has 0 saturated heterocycles. The molecule has 0 aromatic heterocycles. The molecule has 0 aromatic carbocycles. The lowest BCUT2D eigenvalue weighted by Gasteiger charge is -2.09. The van der Waals surface area contributed by atoms with Crippen molar-refractivity contribution in [2.24, 2.45) is 5.92 Å². The molecule has 2 N–H and O–H groups in total. The summed E-state index contributed by atoms with van der Waals surface area (Å²) in [6, 6.07) is 0. The van der Waals surface area contributed by atoms with Crippen LogP contribution >= 0.6 is 11.6 Å². The Labute approximate surface area is 101 Å². The average molecular weight is 251 g/mol. The Hall–Kier alpha value is -0.810. The molecule has 0 heterocycles. The molecule has 1 unspecified atom stereocenters. The molecule has 94 valence electrons. The van der Waals surface area contributed by atoms with Crippen LogP contribution in [0.1, 0.15) is 13.3 Å². The van der Waals surface area contributed by atoms with E-state index in [0.717, 1.165) is 0 Å². The highest BCUT2D eigenvalue weighted by molar-refractivity contribution is 6.19. The van der Waals surface area contributed by atoms with Crippen LogP contribution in [0.15, 0.2) is 0 Å². The summed E-state index contributed by atoms with van der Waals surface area (Å²) in [5, 5.41) is 5.30. The molecular formula is C10H19ClN2O3. The van der Waals surface area contributed by atoms with Crippen molar-refractivity contribution in [2.45, 2.75) is 13.3 Å². The van der Waals surface area contributed by atoms with Gasteiger partial charge in [0.1, 0.15) is 0 Å². The number of ether oxygens (including phenoxy) is 1. The van der Waals surface area contributed by atoms with Crippen LogP contribution in [-0.2, 0) is 14.3 Å². The standard InChI is InChI=1S/C10H19ClN2O3/c1-8(7-11)10(15)13-4-3-9(14)12-5-6-16-2/h8H,3-7H2,1-2H3,(H,12,14)(H,13,15). The van der Waals surface area contributed by atoms with Gasteiger partial charge in [-0.1, -0.05) is 6.92 Å². The van der Waals surface area contributed by atoms with Crippen LogP contribution in [0.25, 0.3) is 0 Å². The van der Waals surface area contributed by atoms with Crippen molar-refractivity contribution in [2.75, 3.05) is 32.7 Å². The van der Waals surface area contributed by atoms with E-state index in [2.05, 4.69) is 10.6 Å². The van der Waals surface area contributed by atoms with Crippen molar-refractivity contribution in [3.8, 4) is 0 Å². The Morgan fingerprint density at radius 1 is 1.31 bits per heavy atom. The number of nitrogens with one attached hydrogen (secondary N) is 2. The molecule has 0 fully saturated rings. The zero-order chi connectivity index (χ0) is 12.4. The smallest absolute Gasteiger partial charge is 0.224 e. The Balaban J connectivity index is 3.50. The van der Waals surface area contributed by atoms with Gasteiger partial charge < -0.3 is 15.4 Å². The van der Waals surface area contributed by atoms with E-state index >= 15 is 0 Å². The minimum absolute atomic E-state index is 0.101. The second-order valence-electron chi connectivity index (χ2n) is 3.44. The Morgan fingerprint density at radius 2 is 2.00 bits per heavy atom. The molecule has 16 heavy (non-hydrogen) atoms. The van der Waals surface area contributed by atoms with Gasteiger partial charge in [0.15, 0.2) is 0 Å². The molecule has 1 atom stereocenters. The summed E-state index contributed by atoms with van der Waals surface area (Å²) in [6.45, 7) is 3.04. The number of rotatable bonds is 8. The number of methoxy groups -OCH3 is 1. The highest BCUT2D eigenvalue weighted by atomic mass is 35.5. The molecule has 0 radical (unpaired) electrons. The molecule has 0 saturated carbocycles. The van der Waals surface area contributed by atoms with Crippen molar-refractivity contribution >= 4 is 23.4 Å². The fourth-order valence-corrected chi connectivity index (χ4v) is 1.06. The van der Waals surface area contributed by atoms with Crippen molar-refractivity contribution < 1.29 is 14.3 Å². The van der Waals surface area contributed by atoms with E-state index in [-0.39, 0.29) is 30.0 Å². The summed E-state index contributed by atoms with van der Waals surface area (Å²) in [5.41, 5.74) is 0. The van der Waals surface area contributed by atoms with E-state index in [1.165, 1.54) is 0 Å². The minimum Gasteiger partial charge on any atom is -0.383 e. The van der Waals surface area contributed by atoms with Crippen LogP contribution in [0.3, 0.4) is 0 Å². The maximum Gasteiger partial charge on any atom is 0.224 e. The average Bonchev–Trinajstić information content (AvgIpc) is 2.28. The summed E-state index contributed by atoms with van der Waals surface area (Å²) >= 11 is 5.52. The van der Waals surface area contributed by atoms with Crippen molar-refractivity contribution in [3.05, 3.63) is 0 Å². The molecule has 0 rings (SSSR count). The fraction of sp³-hybridized carbons (Fsp3) is 0.800. The number of carbonyl (C=O) groups is 2. The highest BCUT2D eigenvalue weighted by Gasteiger charge is 2.10. The van der Waals surface area contributed by atoms with Gasteiger partial charge >= 0.3 is 0 Å². The maximum absolute atomic E-state index is 11.3. The first-order valence-electron chi connectivity index (χ1n) is 5.21. The monoisotopic (exact) mass is 250 g/mol. The first kappa shape index (κ1) is 15.2. The first-order valence-corrected chi connectivity index (χ1v) is 5.74. The largest absolute Gasteiger partial charge is 0.383 e. The van der Waals surface area contributed by atoms with Gasteiger partial charge in [0.05, 0.1) is 6.61 Å². The third-order valence-corrected chi connectivity index (χ3v) is 2.42. The van der Waals surface area contributed by atoms with Gasteiger partial charge in [-0.15, -0.1) is 11.6 Å². The Morgan fingerprint density at radius 3 is 2.56 bits per heavy atom. The lowest BCUT2D eigenvalue weighted by atomic mass is 10.2. The van der Waals surface area contributed by atoms with E-state index < -0.39 is 0 Å². The molecule has 0 aliphatic rings. The quantitative estimate of drug-likeness (QED) is 0.475. The summed E-state index contributed by atoms with van der Waals surface area (Å²) in [4.78, 5) is 22.5. The second kappa shape index (κ2) is 9.42. The van der Waals surface area contributed by atoms with E-state index in [1.807, 2.05) is 0 Å². The first-order chi connectivity index (χ1) is 7.61. The van der Waals surface area contributed by atoms with Crippen LogP contribution in [0.4, 0.5) is 0 Å². The Bertz CT molecular complexity index is 224. The third-order valence-electron chi connectivity index (χ3n) is 1.96. The third kappa shape index (κ3) is 7.48. The molecule has 0 spiro atoms. The van der Waals surface area contributed by atoms with Crippen LogP contribution in [0.5, 0.6) is 0 Å². The molecule has 6 heteroatoms. The molecule has 2 amide bonds. The zero-order valence-electron chi connectivity index (χ0n) is 9.72. The predicted molar refractivity (Wildman–Crippen MR) is 62.4 cm³/mol. The number of halogens is 1. The molecule has 5 nitrogen and oxygen atoms in total. The SMILES string of the molecule is COCCNC(=O)CCNC(=O)C(C)CCl. The van der Waals surface area contributed by atoms with E-state index in [0.29, 0.717) is 19.7 Å². The fourth-order valence-electron chi connectivity index (χ4n) is 0.924. The number of carbonyl (C=O) groups excluding carboxylic acids is 2. The molecule has 0 aromatic rings. The van der Waals surface area contributed by atoms with Crippen LogP contribution in [-0.4, -0.2) is 44.5 Å². The van der Waals surface area contributed by atoms with Gasteiger partial charge in [-0.3, -0.25) is 9.59 Å². The van der Waals surface area contributed by atoms with E-state index in [1.54, 1.807) is 14.0 Å². The van der Waals surface area contributed by atoms with E-state index in [9.17, 15) is 9.59 Å². The van der Waals surface area contributed by atoms with Gasteiger partial charge in [-0.05, 0) is 0 Å². The molecule has 0 bridgehead atoms. The van der Waals surface area contributed by atoms with Crippen LogP contribution in [0.2, 0.25) is 0 Å². The van der Waals surface area contributed by atoms with Crippen molar-refractivity contribution in [1.29, 1.82) is 0 Å².